The molecular formula is C29H41N5O2S. The Labute approximate surface area is 228 Å². The van der Waals surface area contributed by atoms with Crippen molar-refractivity contribution in [3.05, 3.63) is 58.7 Å². The second-order valence-electron chi connectivity index (χ2n) is 10.4. The molecule has 0 aliphatic carbocycles. The average molecular weight is 524 g/mol. The van der Waals surface area contributed by atoms with E-state index in [1.807, 2.05) is 42.2 Å². The number of aliphatic hydroxyl groups excluding tert-OH is 1. The normalized spacial score (nSPS) is 18.9. The van der Waals surface area contributed by atoms with Crippen LogP contribution in [0, 0.1) is 25.2 Å². The van der Waals surface area contributed by atoms with Crippen molar-refractivity contribution in [2.24, 2.45) is 0 Å². The summed E-state index contributed by atoms with van der Waals surface area (Å²) in [5.74, 6) is 0.0420. The third-order valence-corrected chi connectivity index (χ3v) is 7.71. The van der Waals surface area contributed by atoms with Crippen molar-refractivity contribution >= 4 is 30.8 Å². The third kappa shape index (κ3) is 6.40. The Morgan fingerprint density at radius 2 is 1.81 bits per heavy atom. The fourth-order valence-corrected chi connectivity index (χ4v) is 5.63. The fraction of sp³-hybridized carbons (Fsp3) is 0.517. The summed E-state index contributed by atoms with van der Waals surface area (Å²) in [5.41, 5.74) is 5.60. The van der Waals surface area contributed by atoms with E-state index in [4.69, 9.17) is 0 Å². The standard InChI is InChI=1S/C29H39N5O2.H2S/c1-20(2)34-14-13-33(18-25(34)19-35)29(36)26-16-27(22(4)15-21(26)3)31-24-9-11-32(12-10-24)28-8-6-5-7-23(28)17-30;/h5-8,15-16,20,24-25,31,35H,9-14,18-19H2,1-4H3;1H2/t25-;/m0./s1. The van der Waals surface area contributed by atoms with Crippen LogP contribution in [0.3, 0.4) is 0 Å². The molecule has 0 spiro atoms. The summed E-state index contributed by atoms with van der Waals surface area (Å²) in [6.45, 7) is 12.2. The zero-order valence-corrected chi connectivity index (χ0v) is 23.5. The predicted octanol–water partition coefficient (Wildman–Crippen LogP) is 3.90. The monoisotopic (exact) mass is 523 g/mol. The lowest BCUT2D eigenvalue weighted by atomic mass is 9.99. The number of aryl methyl sites for hydroxylation is 2. The van der Waals surface area contributed by atoms with E-state index in [9.17, 15) is 15.2 Å². The number of rotatable bonds is 6. The van der Waals surface area contributed by atoms with Crippen LogP contribution in [-0.2, 0) is 0 Å². The SMILES string of the molecule is Cc1cc(C)c(C(=O)N2CCN(C(C)C)[C@H](CO)C2)cc1NC1CCN(c2ccccc2C#N)CC1.S. The van der Waals surface area contributed by atoms with Gasteiger partial charge in [0.25, 0.3) is 5.91 Å². The minimum absolute atomic E-state index is 0. The maximum absolute atomic E-state index is 13.5. The minimum Gasteiger partial charge on any atom is -0.395 e. The van der Waals surface area contributed by atoms with E-state index < -0.39 is 0 Å². The number of aliphatic hydroxyl groups is 1. The molecule has 7 nitrogen and oxygen atoms in total. The van der Waals surface area contributed by atoms with Gasteiger partial charge >= 0.3 is 0 Å². The van der Waals surface area contributed by atoms with Crippen LogP contribution in [0.4, 0.5) is 11.4 Å². The Morgan fingerprint density at radius 3 is 2.46 bits per heavy atom. The van der Waals surface area contributed by atoms with Crippen molar-refractivity contribution in [1.82, 2.24) is 9.80 Å². The molecule has 0 bridgehead atoms. The summed E-state index contributed by atoms with van der Waals surface area (Å²) in [6, 6.07) is 14.8. The van der Waals surface area contributed by atoms with Crippen LogP contribution in [-0.4, -0.2) is 78.3 Å². The van der Waals surface area contributed by atoms with Crippen LogP contribution in [0.5, 0.6) is 0 Å². The molecule has 2 aliphatic rings. The lowest BCUT2D eigenvalue weighted by Crippen LogP contribution is -2.58. The molecule has 2 aliphatic heterocycles. The average Bonchev–Trinajstić information content (AvgIpc) is 2.89. The molecule has 2 saturated heterocycles. The molecule has 0 saturated carbocycles. The number of nitrogens with one attached hydrogen (secondary N) is 1. The number of hydrogen-bond acceptors (Lipinski definition) is 6. The van der Waals surface area contributed by atoms with Gasteiger partial charge in [0.05, 0.1) is 23.9 Å². The molecule has 4 rings (SSSR count). The van der Waals surface area contributed by atoms with Crippen LogP contribution in [0.25, 0.3) is 0 Å². The molecule has 1 atom stereocenters. The molecule has 0 unspecified atom stereocenters. The van der Waals surface area contributed by atoms with Gasteiger partial charge in [0.15, 0.2) is 0 Å². The number of anilines is 2. The van der Waals surface area contributed by atoms with E-state index >= 15 is 0 Å². The number of nitriles is 1. The maximum Gasteiger partial charge on any atom is 0.254 e. The molecule has 0 radical (unpaired) electrons. The third-order valence-electron chi connectivity index (χ3n) is 7.71. The summed E-state index contributed by atoms with van der Waals surface area (Å²) in [6.07, 6.45) is 1.93. The van der Waals surface area contributed by atoms with Crippen molar-refractivity contribution in [3.8, 4) is 6.07 Å². The van der Waals surface area contributed by atoms with Gasteiger partial charge in [-0.15, -0.1) is 0 Å². The highest BCUT2D eigenvalue weighted by Gasteiger charge is 2.31. The minimum atomic E-state index is -0.0256. The second kappa shape index (κ2) is 12.7. The number of carbonyl (C=O) groups excluding carboxylic acids is 1. The van der Waals surface area contributed by atoms with Crippen molar-refractivity contribution in [1.29, 1.82) is 5.26 Å². The highest BCUT2D eigenvalue weighted by molar-refractivity contribution is 7.59. The number of benzene rings is 2. The fourth-order valence-electron chi connectivity index (χ4n) is 5.63. The maximum atomic E-state index is 13.5. The summed E-state index contributed by atoms with van der Waals surface area (Å²) >= 11 is 0. The zero-order valence-electron chi connectivity index (χ0n) is 22.5. The zero-order chi connectivity index (χ0) is 25.8. The Morgan fingerprint density at radius 1 is 1.11 bits per heavy atom. The molecule has 2 aromatic carbocycles. The molecular weight excluding hydrogens is 482 g/mol. The highest BCUT2D eigenvalue weighted by Crippen LogP contribution is 2.28. The van der Waals surface area contributed by atoms with Crippen molar-refractivity contribution < 1.29 is 9.90 Å². The van der Waals surface area contributed by atoms with Crippen LogP contribution in [0.1, 0.15) is 53.7 Å². The van der Waals surface area contributed by atoms with E-state index in [0.29, 0.717) is 25.2 Å². The number of carbonyl (C=O) groups is 1. The smallest absolute Gasteiger partial charge is 0.254 e. The topological polar surface area (TPSA) is 82.8 Å². The number of para-hydroxylation sites is 1. The molecule has 37 heavy (non-hydrogen) atoms. The van der Waals surface area contributed by atoms with E-state index in [1.165, 1.54) is 0 Å². The quantitative estimate of drug-likeness (QED) is 0.598. The van der Waals surface area contributed by atoms with Gasteiger partial charge in [-0.05, 0) is 69.9 Å². The van der Waals surface area contributed by atoms with Crippen LogP contribution in [0.15, 0.2) is 36.4 Å². The highest BCUT2D eigenvalue weighted by atomic mass is 32.1. The van der Waals surface area contributed by atoms with Gasteiger partial charge in [0.2, 0.25) is 0 Å². The second-order valence-corrected chi connectivity index (χ2v) is 10.4. The van der Waals surface area contributed by atoms with E-state index in [1.54, 1.807) is 0 Å². The van der Waals surface area contributed by atoms with Crippen LogP contribution in [0.2, 0.25) is 0 Å². The number of piperazine rings is 1. The Hall–Kier alpha value is -2.73. The molecule has 0 aromatic heterocycles. The van der Waals surface area contributed by atoms with E-state index in [0.717, 1.165) is 66.1 Å². The van der Waals surface area contributed by atoms with Gasteiger partial charge in [-0.2, -0.15) is 18.8 Å². The van der Waals surface area contributed by atoms with Crippen LogP contribution >= 0.6 is 13.5 Å². The van der Waals surface area contributed by atoms with Gasteiger partial charge in [0, 0.05) is 56.1 Å². The lowest BCUT2D eigenvalue weighted by Gasteiger charge is -2.43. The van der Waals surface area contributed by atoms with Gasteiger partial charge in [-0.25, -0.2) is 0 Å². The molecule has 2 aromatic rings. The van der Waals surface area contributed by atoms with E-state index in [-0.39, 0.29) is 32.1 Å². The molecule has 200 valence electrons. The Kier molecular flexibility index (Phi) is 9.88. The first kappa shape index (κ1) is 28.8. The largest absolute Gasteiger partial charge is 0.395 e. The Bertz CT molecular complexity index is 1120. The summed E-state index contributed by atoms with van der Waals surface area (Å²) in [4.78, 5) is 20.0. The van der Waals surface area contributed by atoms with Gasteiger partial charge in [0.1, 0.15) is 6.07 Å². The molecule has 2 heterocycles. The number of amides is 1. The number of nitrogens with zero attached hydrogens (tertiary/aromatic N) is 4. The Balaban J connectivity index is 0.00000380. The summed E-state index contributed by atoms with van der Waals surface area (Å²) in [7, 11) is 0. The molecule has 2 N–H and O–H groups in total. The van der Waals surface area contributed by atoms with Gasteiger partial charge < -0.3 is 20.2 Å². The molecule has 2 fully saturated rings. The van der Waals surface area contributed by atoms with Crippen molar-refractivity contribution in [3.63, 3.8) is 0 Å². The lowest BCUT2D eigenvalue weighted by molar-refractivity contribution is 0.0193. The summed E-state index contributed by atoms with van der Waals surface area (Å²) < 4.78 is 0. The van der Waals surface area contributed by atoms with Gasteiger partial charge in [-0.3, -0.25) is 9.69 Å². The molecule has 8 heteroatoms. The summed E-state index contributed by atoms with van der Waals surface area (Å²) in [5, 5.41) is 23.1. The van der Waals surface area contributed by atoms with Crippen molar-refractivity contribution in [2.75, 3.05) is 49.5 Å². The van der Waals surface area contributed by atoms with Crippen molar-refractivity contribution in [2.45, 2.75) is 58.7 Å². The predicted molar refractivity (Wildman–Crippen MR) is 155 cm³/mol. The van der Waals surface area contributed by atoms with Crippen LogP contribution < -0.4 is 10.2 Å². The first-order valence-corrected chi connectivity index (χ1v) is 13.1. The number of hydrogen-bond donors (Lipinski definition) is 2. The van der Waals surface area contributed by atoms with Gasteiger partial charge in [-0.1, -0.05) is 18.2 Å². The molecule has 1 amide bonds. The first-order valence-electron chi connectivity index (χ1n) is 13.1. The number of piperidine rings is 1. The first-order chi connectivity index (χ1) is 17.3. The van der Waals surface area contributed by atoms with E-state index in [2.05, 4.69) is 48.0 Å².